The van der Waals surface area contributed by atoms with Crippen molar-refractivity contribution in [2.24, 2.45) is 14.1 Å². The summed E-state index contributed by atoms with van der Waals surface area (Å²) in [6.45, 7) is 1.93. The Balaban J connectivity index is 2.09. The number of halogens is 1. The summed E-state index contributed by atoms with van der Waals surface area (Å²) in [4.78, 5) is 25.0. The number of amides is 1. The molecule has 10 heteroatoms. The average Bonchev–Trinajstić information content (AvgIpc) is 2.97. The van der Waals surface area contributed by atoms with Gasteiger partial charge < -0.3 is 0 Å². The highest BCUT2D eigenvalue weighted by atomic mass is 35.5. The van der Waals surface area contributed by atoms with Gasteiger partial charge in [0.15, 0.2) is 5.69 Å². The molecule has 0 spiro atoms. The van der Waals surface area contributed by atoms with E-state index in [0.29, 0.717) is 5.56 Å². The summed E-state index contributed by atoms with van der Waals surface area (Å²) in [5.74, 6) is -0.486. The van der Waals surface area contributed by atoms with Crippen molar-refractivity contribution in [3.05, 3.63) is 50.9 Å². The second-order valence-electron chi connectivity index (χ2n) is 5.41. The molecule has 1 amide bonds. The zero-order valence-electron chi connectivity index (χ0n) is 13.7. The van der Waals surface area contributed by atoms with Crippen LogP contribution in [0.25, 0.3) is 11.1 Å². The van der Waals surface area contributed by atoms with Crippen LogP contribution >= 0.6 is 11.6 Å². The first kappa shape index (κ1) is 16.8. The van der Waals surface area contributed by atoms with Crippen molar-refractivity contribution in [2.75, 3.05) is 5.32 Å². The van der Waals surface area contributed by atoms with E-state index in [-0.39, 0.29) is 22.2 Å². The van der Waals surface area contributed by atoms with Gasteiger partial charge in [0.2, 0.25) is 5.95 Å². The molecule has 2 heterocycles. The molecular formula is C15H14ClN7O2. The highest BCUT2D eigenvalue weighted by Crippen LogP contribution is 2.27. The minimum absolute atomic E-state index is 0.0282. The van der Waals surface area contributed by atoms with Crippen LogP contribution in [0.15, 0.2) is 29.1 Å². The van der Waals surface area contributed by atoms with Crippen LogP contribution in [0.5, 0.6) is 0 Å². The van der Waals surface area contributed by atoms with Crippen molar-refractivity contribution >= 4 is 23.5 Å². The summed E-state index contributed by atoms with van der Waals surface area (Å²) in [5.41, 5.74) is 1.36. The van der Waals surface area contributed by atoms with Crippen molar-refractivity contribution in [1.29, 1.82) is 0 Å². The van der Waals surface area contributed by atoms with E-state index in [0.717, 1.165) is 10.2 Å². The highest BCUT2D eigenvalue weighted by molar-refractivity contribution is 6.36. The third kappa shape index (κ3) is 3.13. The molecule has 25 heavy (non-hydrogen) atoms. The number of aromatic nitrogens is 6. The fourth-order valence-corrected chi connectivity index (χ4v) is 2.54. The van der Waals surface area contributed by atoms with Gasteiger partial charge in [0, 0.05) is 14.1 Å². The summed E-state index contributed by atoms with van der Waals surface area (Å²) >= 11 is 6.34. The molecule has 2 aromatic heterocycles. The normalized spacial score (nSPS) is 10.7. The smallest absolute Gasteiger partial charge is 0.280 e. The van der Waals surface area contributed by atoms with Crippen LogP contribution in [0, 0.1) is 6.92 Å². The molecule has 9 nitrogen and oxygen atoms in total. The van der Waals surface area contributed by atoms with Crippen LogP contribution in [-0.2, 0) is 14.1 Å². The van der Waals surface area contributed by atoms with Gasteiger partial charge >= 0.3 is 0 Å². The van der Waals surface area contributed by atoms with Gasteiger partial charge in [0.05, 0.1) is 10.6 Å². The van der Waals surface area contributed by atoms with Crippen molar-refractivity contribution < 1.29 is 4.79 Å². The molecule has 0 aliphatic rings. The maximum absolute atomic E-state index is 12.5. The van der Waals surface area contributed by atoms with Crippen molar-refractivity contribution in [2.45, 2.75) is 6.92 Å². The van der Waals surface area contributed by atoms with Gasteiger partial charge in [-0.15, -0.1) is 0 Å². The van der Waals surface area contributed by atoms with E-state index < -0.39 is 11.5 Å². The van der Waals surface area contributed by atoms with Crippen LogP contribution in [0.4, 0.5) is 5.95 Å². The molecule has 0 atom stereocenters. The predicted octanol–water partition coefficient (Wildman–Crippen LogP) is 1.18. The second-order valence-corrected chi connectivity index (χ2v) is 5.79. The lowest BCUT2D eigenvalue weighted by Gasteiger charge is -2.11. The van der Waals surface area contributed by atoms with Gasteiger partial charge in [-0.1, -0.05) is 46.5 Å². The van der Waals surface area contributed by atoms with Gasteiger partial charge in [0.1, 0.15) is 0 Å². The van der Waals surface area contributed by atoms with E-state index in [1.165, 1.54) is 11.7 Å². The summed E-state index contributed by atoms with van der Waals surface area (Å²) in [7, 11) is 3.03. The van der Waals surface area contributed by atoms with E-state index >= 15 is 0 Å². The zero-order valence-corrected chi connectivity index (χ0v) is 14.4. The zero-order chi connectivity index (χ0) is 18.1. The van der Waals surface area contributed by atoms with Gasteiger partial charge in [0.25, 0.3) is 11.5 Å². The van der Waals surface area contributed by atoms with Gasteiger partial charge in [-0.2, -0.15) is 5.10 Å². The molecule has 0 bridgehead atoms. The highest BCUT2D eigenvalue weighted by Gasteiger charge is 2.22. The van der Waals surface area contributed by atoms with E-state index in [9.17, 15) is 9.59 Å². The number of benzene rings is 1. The van der Waals surface area contributed by atoms with Gasteiger partial charge in [-0.05, 0) is 22.9 Å². The van der Waals surface area contributed by atoms with Crippen LogP contribution < -0.4 is 10.9 Å². The number of hydrogen-bond acceptors (Lipinski definition) is 6. The third-order valence-corrected chi connectivity index (χ3v) is 3.95. The van der Waals surface area contributed by atoms with Crippen LogP contribution in [0.2, 0.25) is 5.02 Å². The first-order valence-corrected chi connectivity index (χ1v) is 7.64. The SMILES string of the molecule is Cc1ccc(-c2c(Cl)c(C(=O)Nc3nnnn3C)nn(C)c2=O)cc1. The number of carbonyl (C=O) groups is 1. The van der Waals surface area contributed by atoms with Gasteiger partial charge in [-0.25, -0.2) is 9.36 Å². The molecule has 0 aliphatic carbocycles. The van der Waals surface area contributed by atoms with Gasteiger partial charge in [-0.3, -0.25) is 14.9 Å². The van der Waals surface area contributed by atoms with Crippen LogP contribution in [0.1, 0.15) is 16.1 Å². The lowest BCUT2D eigenvalue weighted by molar-refractivity contribution is 0.101. The second kappa shape index (κ2) is 6.44. The Morgan fingerprint density at radius 3 is 2.44 bits per heavy atom. The van der Waals surface area contributed by atoms with Crippen molar-refractivity contribution in [3.8, 4) is 11.1 Å². The molecule has 0 aliphatic heterocycles. The first-order valence-electron chi connectivity index (χ1n) is 7.26. The van der Waals surface area contributed by atoms with Crippen molar-refractivity contribution in [1.82, 2.24) is 30.0 Å². The monoisotopic (exact) mass is 359 g/mol. The molecule has 0 saturated heterocycles. The number of carbonyl (C=O) groups excluding carboxylic acids is 1. The standard InChI is InChI=1S/C15H14ClN7O2/c1-8-4-6-9(7-5-8)10-11(16)12(19-22(2)14(10)25)13(24)17-15-18-20-21-23(15)3/h4-7H,1-3H3,(H,17,18,21,24). The number of tetrazole rings is 1. The maximum Gasteiger partial charge on any atom is 0.280 e. The minimum atomic E-state index is -0.619. The fraction of sp³-hybridized carbons (Fsp3) is 0.200. The Bertz CT molecular complexity index is 1010. The molecule has 0 saturated carbocycles. The molecule has 0 fully saturated rings. The Hall–Kier alpha value is -3.07. The number of nitrogens with zero attached hydrogens (tertiary/aromatic N) is 6. The molecule has 0 radical (unpaired) electrons. The molecular weight excluding hydrogens is 346 g/mol. The van der Waals surface area contributed by atoms with E-state index in [1.54, 1.807) is 19.2 Å². The number of nitrogens with one attached hydrogen (secondary N) is 1. The molecule has 1 N–H and O–H groups in total. The third-order valence-electron chi connectivity index (χ3n) is 3.59. The fourth-order valence-electron chi connectivity index (χ4n) is 2.23. The molecule has 0 unspecified atom stereocenters. The van der Waals surface area contributed by atoms with E-state index in [1.807, 2.05) is 19.1 Å². The van der Waals surface area contributed by atoms with Crippen LogP contribution in [0.3, 0.4) is 0 Å². The molecule has 3 rings (SSSR count). The first-order chi connectivity index (χ1) is 11.9. The summed E-state index contributed by atoms with van der Waals surface area (Å²) in [6.07, 6.45) is 0. The van der Waals surface area contributed by atoms with E-state index in [4.69, 9.17) is 11.6 Å². The number of aryl methyl sites for hydroxylation is 3. The number of hydrogen-bond donors (Lipinski definition) is 1. The lowest BCUT2D eigenvalue weighted by atomic mass is 10.1. The summed E-state index contributed by atoms with van der Waals surface area (Å²) < 4.78 is 2.36. The Labute approximate surface area is 147 Å². The Morgan fingerprint density at radius 2 is 1.84 bits per heavy atom. The lowest BCUT2D eigenvalue weighted by Crippen LogP contribution is -2.27. The summed E-state index contributed by atoms with van der Waals surface area (Å²) in [5, 5.41) is 17.2. The molecule has 128 valence electrons. The Kier molecular flexibility index (Phi) is 4.32. The number of rotatable bonds is 3. The Morgan fingerprint density at radius 1 is 1.16 bits per heavy atom. The minimum Gasteiger partial charge on any atom is -0.288 e. The number of anilines is 1. The quantitative estimate of drug-likeness (QED) is 0.752. The topological polar surface area (TPSA) is 108 Å². The maximum atomic E-state index is 12.5. The molecule has 3 aromatic rings. The van der Waals surface area contributed by atoms with E-state index in [2.05, 4.69) is 25.9 Å². The average molecular weight is 360 g/mol. The van der Waals surface area contributed by atoms with Crippen LogP contribution in [-0.4, -0.2) is 35.9 Å². The van der Waals surface area contributed by atoms with Crippen molar-refractivity contribution in [3.63, 3.8) is 0 Å². The largest absolute Gasteiger partial charge is 0.288 e. The summed E-state index contributed by atoms with van der Waals surface area (Å²) in [6, 6.07) is 7.26. The predicted molar refractivity (Wildman–Crippen MR) is 91.4 cm³/mol. The molecule has 1 aromatic carbocycles.